The largest absolute Gasteiger partial charge is 0.508 e. The molecule has 8 heteroatoms. The second kappa shape index (κ2) is 7.21. The molecule has 2 aromatic rings. The fourth-order valence-corrected chi connectivity index (χ4v) is 4.83. The third-order valence-electron chi connectivity index (χ3n) is 6.24. The summed E-state index contributed by atoms with van der Waals surface area (Å²) < 4.78 is 18.6. The molecule has 3 N–H and O–H groups in total. The van der Waals surface area contributed by atoms with Gasteiger partial charge in [-0.2, -0.15) is 0 Å². The normalized spacial score (nSPS) is 28.0. The minimum absolute atomic E-state index is 0.0789. The third kappa shape index (κ3) is 2.95. The van der Waals surface area contributed by atoms with E-state index in [2.05, 4.69) is 0 Å². The van der Waals surface area contributed by atoms with E-state index in [4.69, 9.17) is 4.74 Å². The standard InChI is InChI=1S/C22H21FN2O5/c1-25-19(27)16-17(20(25)28)22(21(29)30-2,11-12-3-9-15(26)10-4-12)24-18(16)13-5-7-14(23)8-6-13/h3-10,16-18,24,26H,11H2,1-2H3/p+1/t16-,17+,18+,22-/m1/s1. The van der Waals surface area contributed by atoms with Gasteiger partial charge in [0.15, 0.2) is 0 Å². The van der Waals surface area contributed by atoms with Crippen LogP contribution in [0.15, 0.2) is 48.5 Å². The van der Waals surface area contributed by atoms with E-state index in [0.29, 0.717) is 11.1 Å². The van der Waals surface area contributed by atoms with E-state index in [9.17, 15) is 23.9 Å². The average molecular weight is 413 g/mol. The molecule has 4 rings (SSSR count). The molecule has 2 saturated heterocycles. The van der Waals surface area contributed by atoms with E-state index in [1.165, 1.54) is 38.4 Å². The lowest BCUT2D eigenvalue weighted by atomic mass is 9.76. The third-order valence-corrected chi connectivity index (χ3v) is 6.24. The van der Waals surface area contributed by atoms with Gasteiger partial charge in [0.2, 0.25) is 17.4 Å². The second-order valence-corrected chi connectivity index (χ2v) is 7.86. The van der Waals surface area contributed by atoms with E-state index in [1.54, 1.807) is 29.6 Å². The van der Waals surface area contributed by atoms with Crippen molar-refractivity contribution in [2.24, 2.45) is 11.8 Å². The Morgan fingerprint density at radius 2 is 1.77 bits per heavy atom. The highest BCUT2D eigenvalue weighted by Gasteiger charge is 2.71. The van der Waals surface area contributed by atoms with Gasteiger partial charge in [-0.05, 0) is 29.8 Å². The maximum absolute atomic E-state index is 13.5. The molecule has 7 nitrogen and oxygen atoms in total. The van der Waals surface area contributed by atoms with Gasteiger partial charge >= 0.3 is 5.97 Å². The first-order valence-corrected chi connectivity index (χ1v) is 9.57. The number of carbonyl (C=O) groups excluding carboxylic acids is 3. The number of amides is 2. The van der Waals surface area contributed by atoms with Crippen LogP contribution in [0.4, 0.5) is 4.39 Å². The van der Waals surface area contributed by atoms with Gasteiger partial charge in [-0.25, -0.2) is 9.18 Å². The van der Waals surface area contributed by atoms with Gasteiger partial charge < -0.3 is 15.2 Å². The zero-order valence-electron chi connectivity index (χ0n) is 16.5. The predicted molar refractivity (Wildman–Crippen MR) is 102 cm³/mol. The Kier molecular flexibility index (Phi) is 4.82. The van der Waals surface area contributed by atoms with Crippen LogP contribution in [0.3, 0.4) is 0 Å². The number of aromatic hydroxyl groups is 1. The summed E-state index contributed by atoms with van der Waals surface area (Å²) in [4.78, 5) is 40.2. The van der Waals surface area contributed by atoms with Gasteiger partial charge in [0, 0.05) is 19.0 Å². The molecule has 2 fully saturated rings. The van der Waals surface area contributed by atoms with Crippen LogP contribution >= 0.6 is 0 Å². The van der Waals surface area contributed by atoms with Crippen molar-refractivity contribution in [3.63, 3.8) is 0 Å². The molecule has 4 atom stereocenters. The van der Waals surface area contributed by atoms with E-state index in [-0.39, 0.29) is 18.1 Å². The first kappa shape index (κ1) is 20.0. The minimum atomic E-state index is -1.37. The number of phenolic OH excluding ortho intramolecular Hbond substituents is 1. The molecule has 2 heterocycles. The van der Waals surface area contributed by atoms with E-state index in [0.717, 1.165) is 4.90 Å². The lowest BCUT2D eigenvalue weighted by Crippen LogP contribution is -2.98. The van der Waals surface area contributed by atoms with Crippen molar-refractivity contribution in [2.75, 3.05) is 14.2 Å². The SMILES string of the molecule is COC(=O)[C@]1(Cc2ccc(O)cc2)[NH2+][C@@H](c2ccc(F)cc2)[C@@H]2C(=O)N(C)C(=O)[C@H]21. The van der Waals surface area contributed by atoms with Crippen molar-refractivity contribution < 1.29 is 33.9 Å². The zero-order valence-corrected chi connectivity index (χ0v) is 16.5. The van der Waals surface area contributed by atoms with Crippen molar-refractivity contribution in [1.29, 1.82) is 0 Å². The number of rotatable bonds is 4. The number of fused-ring (bicyclic) bond motifs is 1. The zero-order chi connectivity index (χ0) is 21.6. The first-order valence-electron chi connectivity index (χ1n) is 9.57. The summed E-state index contributed by atoms with van der Waals surface area (Å²) >= 11 is 0. The number of halogens is 1. The van der Waals surface area contributed by atoms with Gasteiger partial charge in [0.25, 0.3) is 0 Å². The molecule has 0 unspecified atom stereocenters. The fourth-order valence-electron chi connectivity index (χ4n) is 4.83. The summed E-state index contributed by atoms with van der Waals surface area (Å²) in [6, 6.07) is 11.5. The maximum Gasteiger partial charge on any atom is 0.369 e. The summed E-state index contributed by atoms with van der Waals surface area (Å²) in [6.45, 7) is 0. The summed E-state index contributed by atoms with van der Waals surface area (Å²) in [5.74, 6) is -3.44. The molecule has 0 bridgehead atoms. The summed E-state index contributed by atoms with van der Waals surface area (Å²) in [5, 5.41) is 11.3. The fraction of sp³-hybridized carbons (Fsp3) is 0.318. The average Bonchev–Trinajstić information content (AvgIpc) is 3.20. The molecule has 156 valence electrons. The molecule has 2 aliphatic rings. The Labute approximate surface area is 172 Å². The number of imide groups is 1. The number of quaternary nitrogens is 1. The van der Waals surface area contributed by atoms with Crippen LogP contribution in [0.1, 0.15) is 17.2 Å². The molecule has 2 aliphatic heterocycles. The molecule has 2 aromatic carbocycles. The quantitative estimate of drug-likeness (QED) is 0.563. The Hall–Kier alpha value is -3.26. The Bertz CT molecular complexity index is 1010. The number of likely N-dealkylation sites (tertiary alicyclic amines) is 1. The van der Waals surface area contributed by atoms with Crippen molar-refractivity contribution in [2.45, 2.75) is 18.0 Å². The van der Waals surface area contributed by atoms with E-state index >= 15 is 0 Å². The minimum Gasteiger partial charge on any atom is -0.508 e. The van der Waals surface area contributed by atoms with E-state index < -0.39 is 41.1 Å². The Morgan fingerprint density at radius 3 is 2.37 bits per heavy atom. The lowest BCUT2D eigenvalue weighted by molar-refractivity contribution is -0.734. The molecular formula is C22H22FN2O5+. The van der Waals surface area contributed by atoms with E-state index in [1.807, 2.05) is 0 Å². The van der Waals surface area contributed by atoms with Crippen LogP contribution in [0.5, 0.6) is 5.75 Å². The Balaban J connectivity index is 1.84. The highest BCUT2D eigenvalue weighted by molar-refractivity contribution is 6.08. The molecular weight excluding hydrogens is 391 g/mol. The van der Waals surface area contributed by atoms with Crippen LogP contribution < -0.4 is 5.32 Å². The number of hydrogen-bond donors (Lipinski definition) is 2. The molecule has 30 heavy (non-hydrogen) atoms. The highest BCUT2D eigenvalue weighted by Crippen LogP contribution is 2.45. The summed E-state index contributed by atoms with van der Waals surface area (Å²) in [5.41, 5.74) is -0.00506. The topological polar surface area (TPSA) is 101 Å². The molecule has 0 spiro atoms. The molecule has 0 saturated carbocycles. The van der Waals surface area contributed by atoms with Gasteiger partial charge in [0.1, 0.15) is 29.4 Å². The van der Waals surface area contributed by atoms with Gasteiger partial charge in [-0.15, -0.1) is 0 Å². The number of methoxy groups -OCH3 is 1. The summed E-state index contributed by atoms with van der Waals surface area (Å²) in [7, 11) is 2.66. The highest BCUT2D eigenvalue weighted by atomic mass is 19.1. The number of hydrogen-bond acceptors (Lipinski definition) is 5. The number of nitrogens with two attached hydrogens (primary N) is 1. The summed E-state index contributed by atoms with van der Waals surface area (Å²) in [6.07, 6.45) is 0.131. The van der Waals surface area contributed by atoms with Gasteiger partial charge in [-0.3, -0.25) is 14.5 Å². The van der Waals surface area contributed by atoms with Gasteiger partial charge in [-0.1, -0.05) is 24.3 Å². The van der Waals surface area contributed by atoms with Crippen LogP contribution in [-0.4, -0.2) is 47.5 Å². The Morgan fingerprint density at radius 1 is 1.13 bits per heavy atom. The molecule has 0 aliphatic carbocycles. The predicted octanol–water partition coefficient (Wildman–Crippen LogP) is 0.535. The van der Waals surface area contributed by atoms with Gasteiger partial charge in [0.05, 0.1) is 7.11 Å². The van der Waals surface area contributed by atoms with Crippen LogP contribution in [-0.2, 0) is 25.5 Å². The smallest absolute Gasteiger partial charge is 0.369 e. The molecule has 0 aromatic heterocycles. The lowest BCUT2D eigenvalue weighted by Gasteiger charge is -2.29. The monoisotopic (exact) mass is 413 g/mol. The second-order valence-electron chi connectivity index (χ2n) is 7.86. The van der Waals surface area contributed by atoms with Crippen LogP contribution in [0.25, 0.3) is 0 Å². The molecule has 0 radical (unpaired) electrons. The van der Waals surface area contributed by atoms with Crippen molar-refractivity contribution >= 4 is 17.8 Å². The van der Waals surface area contributed by atoms with Crippen LogP contribution in [0.2, 0.25) is 0 Å². The van der Waals surface area contributed by atoms with Crippen molar-refractivity contribution in [3.05, 3.63) is 65.5 Å². The van der Waals surface area contributed by atoms with Crippen LogP contribution in [0, 0.1) is 17.7 Å². The first-order chi connectivity index (χ1) is 14.3. The van der Waals surface area contributed by atoms with Crippen molar-refractivity contribution in [3.8, 4) is 5.75 Å². The van der Waals surface area contributed by atoms with Crippen molar-refractivity contribution in [1.82, 2.24) is 4.90 Å². The maximum atomic E-state index is 13.5. The number of ether oxygens (including phenoxy) is 1. The number of esters is 1. The number of phenols is 1. The molecule has 2 amide bonds. The number of benzene rings is 2. The number of carbonyl (C=O) groups is 3. The number of nitrogens with zero attached hydrogens (tertiary/aromatic N) is 1.